The second-order valence-corrected chi connectivity index (χ2v) is 5.71. The molecule has 0 saturated heterocycles. The molecule has 2 heterocycles. The molecule has 0 bridgehead atoms. The molecule has 1 unspecified atom stereocenters. The number of hydrogen-bond donors (Lipinski definition) is 3. The molecule has 1 aromatic carbocycles. The number of nitrogens with one attached hydrogen (secondary N) is 3. The molecule has 3 rings (SSSR count). The van der Waals surface area contributed by atoms with Gasteiger partial charge in [-0.2, -0.15) is 0 Å². The van der Waals surface area contributed by atoms with Crippen LogP contribution < -0.4 is 20.9 Å². The van der Waals surface area contributed by atoms with Gasteiger partial charge in [0.25, 0.3) is 11.5 Å². The number of fused-ring (bicyclic) bond motifs is 1. The number of hydrogen-bond acceptors (Lipinski definition) is 5. The van der Waals surface area contributed by atoms with Crippen molar-refractivity contribution in [1.29, 1.82) is 0 Å². The number of anilines is 1. The molecular weight excluding hydrogens is 308 g/mol. The standard InChI is InChI=1S/C17H20N4O3/c1-11-10-15(22)21-17(20-11)19-9-8-18-16(23)14-7-6-12-4-2-3-5-13(12)24-14/h2-5,10,14H,6-9H2,1H3,(H,18,23)(H2,19,20,21,22). The Hall–Kier alpha value is -2.83. The highest BCUT2D eigenvalue weighted by molar-refractivity contribution is 5.81. The zero-order valence-electron chi connectivity index (χ0n) is 13.5. The van der Waals surface area contributed by atoms with E-state index in [4.69, 9.17) is 4.74 Å². The number of carbonyl (C=O) groups is 1. The molecule has 0 saturated carbocycles. The summed E-state index contributed by atoms with van der Waals surface area (Å²) in [4.78, 5) is 30.3. The predicted octanol–water partition coefficient (Wildman–Crippen LogP) is 1.00. The van der Waals surface area contributed by atoms with Crippen LogP contribution in [0.4, 0.5) is 5.95 Å². The third kappa shape index (κ3) is 3.92. The van der Waals surface area contributed by atoms with Crippen LogP contribution in [-0.4, -0.2) is 35.1 Å². The molecule has 1 aliphatic heterocycles. The van der Waals surface area contributed by atoms with E-state index in [1.54, 1.807) is 6.92 Å². The van der Waals surface area contributed by atoms with Gasteiger partial charge in [0.15, 0.2) is 6.10 Å². The van der Waals surface area contributed by atoms with E-state index < -0.39 is 6.10 Å². The van der Waals surface area contributed by atoms with Gasteiger partial charge in [-0.3, -0.25) is 14.6 Å². The number of aromatic amines is 1. The number of H-pyrrole nitrogens is 1. The zero-order valence-corrected chi connectivity index (χ0v) is 13.5. The van der Waals surface area contributed by atoms with Gasteiger partial charge < -0.3 is 15.4 Å². The molecule has 126 valence electrons. The van der Waals surface area contributed by atoms with E-state index in [9.17, 15) is 9.59 Å². The van der Waals surface area contributed by atoms with Crippen LogP contribution in [-0.2, 0) is 11.2 Å². The summed E-state index contributed by atoms with van der Waals surface area (Å²) >= 11 is 0. The molecule has 0 aliphatic carbocycles. The number of nitrogens with zero attached hydrogens (tertiary/aromatic N) is 1. The number of ether oxygens (including phenoxy) is 1. The summed E-state index contributed by atoms with van der Waals surface area (Å²) in [6.45, 7) is 2.62. The average molecular weight is 328 g/mol. The van der Waals surface area contributed by atoms with E-state index in [1.165, 1.54) is 6.07 Å². The lowest BCUT2D eigenvalue weighted by Gasteiger charge is -2.25. The third-order valence-corrected chi connectivity index (χ3v) is 3.80. The number of rotatable bonds is 5. The first-order valence-electron chi connectivity index (χ1n) is 7.96. The van der Waals surface area contributed by atoms with Crippen molar-refractivity contribution in [1.82, 2.24) is 15.3 Å². The van der Waals surface area contributed by atoms with Gasteiger partial charge in [0.2, 0.25) is 5.95 Å². The minimum atomic E-state index is -0.461. The maximum Gasteiger partial charge on any atom is 0.261 e. The molecule has 1 atom stereocenters. The molecule has 24 heavy (non-hydrogen) atoms. The quantitative estimate of drug-likeness (QED) is 0.712. The van der Waals surface area contributed by atoms with Crippen molar-refractivity contribution >= 4 is 11.9 Å². The summed E-state index contributed by atoms with van der Waals surface area (Å²) < 4.78 is 5.75. The van der Waals surface area contributed by atoms with E-state index in [0.29, 0.717) is 31.2 Å². The third-order valence-electron chi connectivity index (χ3n) is 3.80. The number of amides is 1. The van der Waals surface area contributed by atoms with Crippen molar-refractivity contribution in [3.05, 3.63) is 51.9 Å². The van der Waals surface area contributed by atoms with Gasteiger partial charge in [0.1, 0.15) is 5.75 Å². The van der Waals surface area contributed by atoms with Gasteiger partial charge in [-0.05, 0) is 31.4 Å². The summed E-state index contributed by atoms with van der Waals surface area (Å²) in [5.41, 5.74) is 1.57. The average Bonchev–Trinajstić information content (AvgIpc) is 2.57. The van der Waals surface area contributed by atoms with Crippen LogP contribution in [0, 0.1) is 6.92 Å². The predicted molar refractivity (Wildman–Crippen MR) is 90.3 cm³/mol. The van der Waals surface area contributed by atoms with E-state index >= 15 is 0 Å². The van der Waals surface area contributed by atoms with Crippen LogP contribution in [0.3, 0.4) is 0 Å². The fraction of sp³-hybridized carbons (Fsp3) is 0.353. The van der Waals surface area contributed by atoms with E-state index in [1.807, 2.05) is 24.3 Å². The molecule has 1 aliphatic rings. The van der Waals surface area contributed by atoms with Crippen molar-refractivity contribution < 1.29 is 9.53 Å². The lowest BCUT2D eigenvalue weighted by molar-refractivity contribution is -0.128. The van der Waals surface area contributed by atoms with Gasteiger partial charge in [0, 0.05) is 24.8 Å². The molecule has 0 spiro atoms. The first-order chi connectivity index (χ1) is 11.6. The molecule has 3 N–H and O–H groups in total. The van der Waals surface area contributed by atoms with Crippen LogP contribution in [0.5, 0.6) is 5.75 Å². The van der Waals surface area contributed by atoms with Crippen molar-refractivity contribution in [3.63, 3.8) is 0 Å². The highest BCUT2D eigenvalue weighted by Gasteiger charge is 2.25. The largest absolute Gasteiger partial charge is 0.480 e. The summed E-state index contributed by atoms with van der Waals surface area (Å²) in [7, 11) is 0. The Morgan fingerprint density at radius 2 is 2.21 bits per heavy atom. The molecule has 7 heteroatoms. The van der Waals surface area contributed by atoms with Crippen molar-refractivity contribution in [3.8, 4) is 5.75 Å². The van der Waals surface area contributed by atoms with Crippen LogP contribution >= 0.6 is 0 Å². The minimum Gasteiger partial charge on any atom is -0.480 e. The first kappa shape index (κ1) is 16.0. The number of para-hydroxylation sites is 1. The Morgan fingerprint density at radius 3 is 3.04 bits per heavy atom. The number of aromatic nitrogens is 2. The topological polar surface area (TPSA) is 96.1 Å². The van der Waals surface area contributed by atoms with Crippen molar-refractivity contribution in [2.75, 3.05) is 18.4 Å². The monoisotopic (exact) mass is 328 g/mol. The fourth-order valence-corrected chi connectivity index (χ4v) is 2.65. The molecule has 2 aromatic rings. The van der Waals surface area contributed by atoms with Gasteiger partial charge >= 0.3 is 0 Å². The number of carbonyl (C=O) groups excluding carboxylic acids is 1. The molecular formula is C17H20N4O3. The Labute approximate surface area is 139 Å². The first-order valence-corrected chi connectivity index (χ1v) is 7.96. The summed E-state index contributed by atoms with van der Waals surface area (Å²) in [5, 5.41) is 5.81. The van der Waals surface area contributed by atoms with Crippen LogP contribution in [0.2, 0.25) is 0 Å². The van der Waals surface area contributed by atoms with Crippen LogP contribution in [0.25, 0.3) is 0 Å². The normalized spacial score (nSPS) is 16.0. The van der Waals surface area contributed by atoms with Gasteiger partial charge in [-0.15, -0.1) is 0 Å². The maximum atomic E-state index is 12.2. The highest BCUT2D eigenvalue weighted by Crippen LogP contribution is 2.26. The molecule has 0 radical (unpaired) electrons. The van der Waals surface area contributed by atoms with Gasteiger partial charge in [0.05, 0.1) is 0 Å². The number of aryl methyl sites for hydroxylation is 2. The van der Waals surface area contributed by atoms with Crippen molar-refractivity contribution in [2.45, 2.75) is 25.9 Å². The second-order valence-electron chi connectivity index (χ2n) is 5.71. The van der Waals surface area contributed by atoms with Gasteiger partial charge in [-0.1, -0.05) is 18.2 Å². The van der Waals surface area contributed by atoms with Gasteiger partial charge in [-0.25, -0.2) is 4.98 Å². The lowest BCUT2D eigenvalue weighted by atomic mass is 10.0. The Morgan fingerprint density at radius 1 is 1.38 bits per heavy atom. The maximum absolute atomic E-state index is 12.2. The number of benzene rings is 1. The molecule has 1 aromatic heterocycles. The fourth-order valence-electron chi connectivity index (χ4n) is 2.65. The Balaban J connectivity index is 1.45. The minimum absolute atomic E-state index is 0.128. The Bertz CT molecular complexity index is 787. The summed E-state index contributed by atoms with van der Waals surface area (Å²) in [5.74, 6) is 1.05. The molecule has 1 amide bonds. The summed E-state index contributed by atoms with van der Waals surface area (Å²) in [6, 6.07) is 9.20. The Kier molecular flexibility index (Phi) is 4.79. The van der Waals surface area contributed by atoms with Crippen LogP contribution in [0.1, 0.15) is 17.7 Å². The second kappa shape index (κ2) is 7.16. The van der Waals surface area contributed by atoms with E-state index in [-0.39, 0.29) is 11.5 Å². The smallest absolute Gasteiger partial charge is 0.261 e. The van der Waals surface area contributed by atoms with E-state index in [2.05, 4.69) is 20.6 Å². The molecule has 0 fully saturated rings. The summed E-state index contributed by atoms with van der Waals surface area (Å²) in [6.07, 6.45) is 1.04. The van der Waals surface area contributed by atoms with E-state index in [0.717, 1.165) is 17.7 Å². The van der Waals surface area contributed by atoms with Crippen molar-refractivity contribution in [2.24, 2.45) is 0 Å². The SMILES string of the molecule is Cc1cc(=O)[nH]c(NCCNC(=O)C2CCc3ccccc3O2)n1. The lowest BCUT2D eigenvalue weighted by Crippen LogP contribution is -2.42. The highest BCUT2D eigenvalue weighted by atomic mass is 16.5. The molecule has 7 nitrogen and oxygen atoms in total. The van der Waals surface area contributed by atoms with Crippen LogP contribution in [0.15, 0.2) is 35.1 Å². The zero-order chi connectivity index (χ0) is 16.9.